The number of hydrogen-bond acceptors (Lipinski definition) is 3. The molecule has 1 saturated heterocycles. The normalized spacial score (nSPS) is 20.0. The lowest BCUT2D eigenvalue weighted by atomic mass is 9.97. The Balaban J connectivity index is 1.43. The smallest absolute Gasteiger partial charge is 0.341 e. The SMILES string of the molecule is Cc1ccc(NC(=O)NC2CCN(C)[C@@H](c3nc4ccccc4[nH]3)C2)cc1C(F)(F)F. The number of aromatic nitrogens is 2. The molecule has 164 valence electrons. The summed E-state index contributed by atoms with van der Waals surface area (Å²) in [5.41, 5.74) is 1.31. The number of amides is 2. The lowest BCUT2D eigenvalue weighted by Gasteiger charge is -2.36. The largest absolute Gasteiger partial charge is 0.416 e. The monoisotopic (exact) mass is 431 g/mol. The first-order valence-corrected chi connectivity index (χ1v) is 10.1. The standard InChI is InChI=1S/C22H24F3N5O/c1-13-7-8-14(11-16(13)22(23,24)25)26-21(31)27-15-9-10-30(2)19(12-15)20-28-17-5-3-4-6-18(17)29-20/h3-8,11,15,19H,9-10,12H2,1-2H3,(H,28,29)(H2,26,27,31)/t15?,19-/m1/s1. The zero-order chi connectivity index (χ0) is 22.2. The number of carbonyl (C=O) groups excluding carboxylic acids is 1. The summed E-state index contributed by atoms with van der Waals surface area (Å²) in [6.45, 7) is 2.15. The van der Waals surface area contributed by atoms with Gasteiger partial charge in [0.05, 0.1) is 22.6 Å². The van der Waals surface area contributed by atoms with E-state index >= 15 is 0 Å². The highest BCUT2D eigenvalue weighted by molar-refractivity contribution is 5.89. The van der Waals surface area contributed by atoms with E-state index in [1.165, 1.54) is 19.1 Å². The van der Waals surface area contributed by atoms with Crippen molar-refractivity contribution in [1.29, 1.82) is 0 Å². The Morgan fingerprint density at radius 2 is 2.00 bits per heavy atom. The third-order valence-electron chi connectivity index (χ3n) is 5.73. The predicted molar refractivity (Wildman–Crippen MR) is 113 cm³/mol. The van der Waals surface area contributed by atoms with Crippen LogP contribution in [0.25, 0.3) is 11.0 Å². The minimum Gasteiger partial charge on any atom is -0.341 e. The van der Waals surface area contributed by atoms with Crippen LogP contribution in [-0.2, 0) is 6.18 Å². The number of urea groups is 1. The van der Waals surface area contributed by atoms with Gasteiger partial charge in [-0.05, 0) is 56.6 Å². The Labute approximate surface area is 177 Å². The van der Waals surface area contributed by atoms with Crippen molar-refractivity contribution in [3.05, 3.63) is 59.4 Å². The van der Waals surface area contributed by atoms with Crippen LogP contribution in [0.1, 0.15) is 35.8 Å². The van der Waals surface area contributed by atoms with E-state index in [0.29, 0.717) is 6.42 Å². The highest BCUT2D eigenvalue weighted by Gasteiger charge is 2.33. The number of H-pyrrole nitrogens is 1. The van der Waals surface area contributed by atoms with Gasteiger partial charge in [0.15, 0.2) is 0 Å². The van der Waals surface area contributed by atoms with E-state index in [1.54, 1.807) is 0 Å². The number of benzene rings is 2. The summed E-state index contributed by atoms with van der Waals surface area (Å²) in [6, 6.07) is 10.9. The maximum Gasteiger partial charge on any atom is 0.416 e. The molecular weight excluding hydrogens is 407 g/mol. The summed E-state index contributed by atoms with van der Waals surface area (Å²) in [6.07, 6.45) is -3.08. The molecule has 1 aliphatic rings. The first-order chi connectivity index (χ1) is 14.7. The van der Waals surface area contributed by atoms with Crippen molar-refractivity contribution in [2.24, 2.45) is 0 Å². The van der Waals surface area contributed by atoms with Gasteiger partial charge >= 0.3 is 12.2 Å². The Bertz CT molecular complexity index is 1060. The first-order valence-electron chi connectivity index (χ1n) is 10.1. The van der Waals surface area contributed by atoms with E-state index in [0.717, 1.165) is 35.9 Å². The van der Waals surface area contributed by atoms with E-state index in [-0.39, 0.29) is 23.3 Å². The predicted octanol–water partition coefficient (Wildman–Crippen LogP) is 4.85. The molecule has 2 aromatic carbocycles. The van der Waals surface area contributed by atoms with E-state index in [4.69, 9.17) is 0 Å². The molecule has 0 radical (unpaired) electrons. The number of aromatic amines is 1. The van der Waals surface area contributed by atoms with Gasteiger partial charge in [-0.1, -0.05) is 18.2 Å². The quantitative estimate of drug-likeness (QED) is 0.555. The second-order valence-electron chi connectivity index (χ2n) is 7.98. The highest BCUT2D eigenvalue weighted by atomic mass is 19.4. The molecule has 0 saturated carbocycles. The number of imidazole rings is 1. The second kappa shape index (κ2) is 8.22. The topological polar surface area (TPSA) is 73.1 Å². The summed E-state index contributed by atoms with van der Waals surface area (Å²) in [7, 11) is 2.01. The summed E-state index contributed by atoms with van der Waals surface area (Å²) in [4.78, 5) is 22.7. The fraction of sp³-hybridized carbons (Fsp3) is 0.364. The molecule has 1 fully saturated rings. The van der Waals surface area contributed by atoms with Crippen molar-refractivity contribution in [3.63, 3.8) is 0 Å². The van der Waals surface area contributed by atoms with Crippen LogP contribution in [-0.4, -0.2) is 40.5 Å². The Morgan fingerprint density at radius 1 is 1.23 bits per heavy atom. The van der Waals surface area contributed by atoms with E-state index < -0.39 is 17.8 Å². The molecule has 2 heterocycles. The molecule has 0 spiro atoms. The number of rotatable bonds is 3. The van der Waals surface area contributed by atoms with Gasteiger partial charge in [0, 0.05) is 18.3 Å². The molecule has 4 rings (SSSR count). The van der Waals surface area contributed by atoms with Crippen LogP contribution in [0.5, 0.6) is 0 Å². The number of nitrogens with zero attached hydrogens (tertiary/aromatic N) is 2. The number of aryl methyl sites for hydroxylation is 1. The zero-order valence-electron chi connectivity index (χ0n) is 17.3. The number of nitrogens with one attached hydrogen (secondary N) is 3. The molecule has 3 N–H and O–H groups in total. The lowest BCUT2D eigenvalue weighted by molar-refractivity contribution is -0.138. The van der Waals surface area contributed by atoms with Crippen LogP contribution in [0.15, 0.2) is 42.5 Å². The molecule has 3 aromatic rings. The molecule has 9 heteroatoms. The van der Waals surface area contributed by atoms with Crippen LogP contribution >= 0.6 is 0 Å². The Kier molecular flexibility index (Phi) is 5.62. The van der Waals surface area contributed by atoms with Crippen molar-refractivity contribution in [1.82, 2.24) is 20.2 Å². The van der Waals surface area contributed by atoms with Gasteiger partial charge in [-0.25, -0.2) is 9.78 Å². The number of piperidine rings is 1. The van der Waals surface area contributed by atoms with E-state index in [1.807, 2.05) is 31.3 Å². The summed E-state index contributed by atoms with van der Waals surface area (Å²) >= 11 is 0. The Hall–Kier alpha value is -3.07. The molecule has 31 heavy (non-hydrogen) atoms. The maximum absolute atomic E-state index is 13.1. The molecule has 0 bridgehead atoms. The van der Waals surface area contributed by atoms with Crippen molar-refractivity contribution in [2.45, 2.75) is 38.0 Å². The fourth-order valence-electron chi connectivity index (χ4n) is 4.02. The Morgan fingerprint density at radius 3 is 2.74 bits per heavy atom. The zero-order valence-corrected chi connectivity index (χ0v) is 17.3. The molecule has 6 nitrogen and oxygen atoms in total. The van der Waals surface area contributed by atoms with Gasteiger partial charge in [-0.3, -0.25) is 4.90 Å². The van der Waals surface area contributed by atoms with Gasteiger partial charge in [0.25, 0.3) is 0 Å². The number of likely N-dealkylation sites (tertiary alicyclic amines) is 1. The van der Waals surface area contributed by atoms with Crippen LogP contribution in [0.4, 0.5) is 23.7 Å². The number of alkyl halides is 3. The lowest BCUT2D eigenvalue weighted by Crippen LogP contribution is -2.46. The number of para-hydroxylation sites is 2. The van der Waals surface area contributed by atoms with E-state index in [9.17, 15) is 18.0 Å². The van der Waals surface area contributed by atoms with Crippen molar-refractivity contribution < 1.29 is 18.0 Å². The number of anilines is 1. The molecule has 1 aliphatic heterocycles. The van der Waals surface area contributed by atoms with E-state index in [2.05, 4.69) is 25.5 Å². The average molecular weight is 431 g/mol. The molecule has 1 unspecified atom stereocenters. The molecule has 2 amide bonds. The third-order valence-corrected chi connectivity index (χ3v) is 5.73. The average Bonchev–Trinajstić information content (AvgIpc) is 3.14. The molecule has 1 aromatic heterocycles. The van der Waals surface area contributed by atoms with Gasteiger partial charge in [0.2, 0.25) is 0 Å². The van der Waals surface area contributed by atoms with Crippen LogP contribution in [0.3, 0.4) is 0 Å². The first kappa shape index (κ1) is 21.2. The minimum atomic E-state index is -4.47. The second-order valence-corrected chi connectivity index (χ2v) is 7.98. The van der Waals surface area contributed by atoms with Gasteiger partial charge in [-0.15, -0.1) is 0 Å². The number of carbonyl (C=O) groups is 1. The van der Waals surface area contributed by atoms with Crippen LogP contribution < -0.4 is 10.6 Å². The molecule has 0 aliphatic carbocycles. The van der Waals surface area contributed by atoms with Crippen LogP contribution in [0, 0.1) is 6.92 Å². The van der Waals surface area contributed by atoms with Gasteiger partial charge < -0.3 is 15.6 Å². The van der Waals surface area contributed by atoms with Gasteiger partial charge in [0.1, 0.15) is 5.82 Å². The third kappa shape index (κ3) is 4.66. The highest BCUT2D eigenvalue weighted by Crippen LogP contribution is 2.33. The summed E-state index contributed by atoms with van der Waals surface area (Å²) in [5.74, 6) is 0.837. The number of hydrogen-bond donors (Lipinski definition) is 3. The fourth-order valence-corrected chi connectivity index (χ4v) is 4.02. The molecule has 2 atom stereocenters. The molecular formula is C22H24F3N5O. The minimum absolute atomic E-state index is 0.00246. The van der Waals surface area contributed by atoms with Crippen molar-refractivity contribution >= 4 is 22.8 Å². The van der Waals surface area contributed by atoms with Crippen LogP contribution in [0.2, 0.25) is 0 Å². The van der Waals surface area contributed by atoms with Crippen molar-refractivity contribution in [3.8, 4) is 0 Å². The summed E-state index contributed by atoms with van der Waals surface area (Å²) < 4.78 is 39.3. The maximum atomic E-state index is 13.1. The van der Waals surface area contributed by atoms with Gasteiger partial charge in [-0.2, -0.15) is 13.2 Å². The number of halogens is 3. The van der Waals surface area contributed by atoms with Crippen molar-refractivity contribution in [2.75, 3.05) is 18.9 Å². The number of fused-ring (bicyclic) bond motifs is 1. The summed E-state index contributed by atoms with van der Waals surface area (Å²) in [5, 5.41) is 5.42.